The number of thiocarbonyl (C=S) groups is 1. The maximum atomic E-state index is 8.74. The number of nitrogens with zero attached hydrogens (tertiary/aromatic N) is 1. The van der Waals surface area contributed by atoms with E-state index >= 15 is 0 Å². The molecule has 0 amide bonds. The van der Waals surface area contributed by atoms with Crippen molar-refractivity contribution >= 4 is 28.1 Å². The van der Waals surface area contributed by atoms with Crippen LogP contribution in [0.4, 0.5) is 0 Å². The topological polar surface area (TPSA) is 51.2 Å². The predicted molar refractivity (Wildman–Crippen MR) is 83.4 cm³/mol. The quantitative estimate of drug-likeness (QED) is 0.604. The molecule has 0 fully saturated rings. The molecule has 19 heavy (non-hydrogen) atoms. The van der Waals surface area contributed by atoms with Gasteiger partial charge in [-0.2, -0.15) is 0 Å². The molecule has 3 nitrogen and oxygen atoms in total. The standard InChI is InChI=1S/C15H20N2OS/c16-15(19)13-5-6-14-12(11-13)7-9-17(14)8-3-1-2-4-10-18/h5-7,9,11,18H,1-4,8,10H2,(H2,16,19). The van der Waals surface area contributed by atoms with Gasteiger partial charge < -0.3 is 15.4 Å². The summed E-state index contributed by atoms with van der Waals surface area (Å²) >= 11 is 4.99. The smallest absolute Gasteiger partial charge is 0.104 e. The van der Waals surface area contributed by atoms with Crippen LogP contribution in [0.2, 0.25) is 0 Å². The van der Waals surface area contributed by atoms with Crippen LogP contribution in [-0.4, -0.2) is 21.3 Å². The number of nitrogens with two attached hydrogens (primary N) is 1. The highest BCUT2D eigenvalue weighted by Crippen LogP contribution is 2.18. The number of aliphatic hydroxyl groups is 1. The Morgan fingerprint density at radius 3 is 2.68 bits per heavy atom. The highest BCUT2D eigenvalue weighted by Gasteiger charge is 2.03. The molecule has 0 bridgehead atoms. The van der Waals surface area contributed by atoms with Crippen LogP contribution in [0.25, 0.3) is 10.9 Å². The number of rotatable bonds is 7. The summed E-state index contributed by atoms with van der Waals surface area (Å²) < 4.78 is 2.26. The number of aromatic nitrogens is 1. The van der Waals surface area contributed by atoms with Gasteiger partial charge in [0.25, 0.3) is 0 Å². The van der Waals surface area contributed by atoms with E-state index in [-0.39, 0.29) is 0 Å². The maximum Gasteiger partial charge on any atom is 0.104 e. The van der Waals surface area contributed by atoms with Crippen LogP contribution in [-0.2, 0) is 6.54 Å². The molecule has 1 heterocycles. The van der Waals surface area contributed by atoms with E-state index in [1.807, 2.05) is 12.1 Å². The van der Waals surface area contributed by atoms with E-state index in [0.717, 1.165) is 37.8 Å². The van der Waals surface area contributed by atoms with Crippen molar-refractivity contribution in [1.82, 2.24) is 4.57 Å². The van der Waals surface area contributed by atoms with Gasteiger partial charge in [0.15, 0.2) is 0 Å². The van der Waals surface area contributed by atoms with Crippen molar-refractivity contribution in [3.63, 3.8) is 0 Å². The summed E-state index contributed by atoms with van der Waals surface area (Å²) in [7, 11) is 0. The fraction of sp³-hybridized carbons (Fsp3) is 0.400. The summed E-state index contributed by atoms with van der Waals surface area (Å²) in [4.78, 5) is 0.443. The highest BCUT2D eigenvalue weighted by molar-refractivity contribution is 7.80. The van der Waals surface area contributed by atoms with Crippen LogP contribution < -0.4 is 5.73 Å². The van der Waals surface area contributed by atoms with Gasteiger partial charge >= 0.3 is 0 Å². The minimum absolute atomic E-state index is 0.300. The van der Waals surface area contributed by atoms with Gasteiger partial charge in [0, 0.05) is 35.8 Å². The molecular weight excluding hydrogens is 256 g/mol. The van der Waals surface area contributed by atoms with E-state index in [0.29, 0.717) is 11.6 Å². The van der Waals surface area contributed by atoms with E-state index in [4.69, 9.17) is 23.1 Å². The molecule has 4 heteroatoms. The molecule has 1 aromatic heterocycles. The maximum absolute atomic E-state index is 8.74. The first-order chi connectivity index (χ1) is 9.22. The lowest BCUT2D eigenvalue weighted by Gasteiger charge is -2.06. The van der Waals surface area contributed by atoms with Crippen LogP contribution in [0.1, 0.15) is 31.2 Å². The molecule has 2 aromatic rings. The number of fused-ring (bicyclic) bond motifs is 1. The Balaban J connectivity index is 2.02. The van der Waals surface area contributed by atoms with Crippen molar-refractivity contribution in [3.8, 4) is 0 Å². The molecule has 0 atom stereocenters. The highest BCUT2D eigenvalue weighted by atomic mass is 32.1. The third-order valence-corrected chi connectivity index (χ3v) is 3.60. The largest absolute Gasteiger partial charge is 0.396 e. The fourth-order valence-electron chi connectivity index (χ4n) is 2.30. The van der Waals surface area contributed by atoms with Crippen LogP contribution in [0.5, 0.6) is 0 Å². The van der Waals surface area contributed by atoms with Crippen molar-refractivity contribution in [2.24, 2.45) is 5.73 Å². The van der Waals surface area contributed by atoms with E-state index in [2.05, 4.69) is 22.9 Å². The Morgan fingerprint density at radius 1 is 1.16 bits per heavy atom. The minimum Gasteiger partial charge on any atom is -0.396 e. The van der Waals surface area contributed by atoms with E-state index in [1.54, 1.807) is 0 Å². The summed E-state index contributed by atoms with van der Waals surface area (Å²) in [5.41, 5.74) is 7.79. The average Bonchev–Trinajstić information content (AvgIpc) is 2.81. The van der Waals surface area contributed by atoms with E-state index < -0.39 is 0 Å². The van der Waals surface area contributed by atoms with E-state index in [9.17, 15) is 0 Å². The first-order valence-electron chi connectivity index (χ1n) is 6.72. The number of aliphatic hydroxyl groups excluding tert-OH is 1. The van der Waals surface area contributed by atoms with Gasteiger partial charge in [0.05, 0.1) is 0 Å². The van der Waals surface area contributed by atoms with Gasteiger partial charge in [0.1, 0.15) is 4.99 Å². The van der Waals surface area contributed by atoms with Crippen LogP contribution in [0.15, 0.2) is 30.5 Å². The molecular formula is C15H20N2OS. The molecule has 2 rings (SSSR count). The Labute approximate surface area is 119 Å². The Kier molecular flexibility index (Phi) is 4.93. The van der Waals surface area contributed by atoms with Crippen molar-refractivity contribution < 1.29 is 5.11 Å². The molecule has 0 aliphatic rings. The second-order valence-corrected chi connectivity index (χ2v) is 5.22. The lowest BCUT2D eigenvalue weighted by atomic mass is 10.1. The van der Waals surface area contributed by atoms with Crippen molar-refractivity contribution in [2.75, 3.05) is 6.61 Å². The van der Waals surface area contributed by atoms with Gasteiger partial charge in [-0.05, 0) is 37.1 Å². The lowest BCUT2D eigenvalue weighted by Crippen LogP contribution is -2.08. The first-order valence-corrected chi connectivity index (χ1v) is 7.13. The molecule has 0 spiro atoms. The molecule has 0 unspecified atom stereocenters. The summed E-state index contributed by atoms with van der Waals surface area (Å²) in [6, 6.07) is 8.20. The number of unbranched alkanes of at least 4 members (excludes halogenated alkanes) is 3. The number of benzene rings is 1. The van der Waals surface area contributed by atoms with Gasteiger partial charge in [-0.25, -0.2) is 0 Å². The summed E-state index contributed by atoms with van der Waals surface area (Å²) in [5.74, 6) is 0. The Hall–Kier alpha value is -1.39. The predicted octanol–water partition coefficient (Wildman–Crippen LogP) is 2.83. The molecule has 102 valence electrons. The number of hydrogen-bond donors (Lipinski definition) is 2. The van der Waals surface area contributed by atoms with Crippen LogP contribution in [0.3, 0.4) is 0 Å². The zero-order chi connectivity index (χ0) is 13.7. The molecule has 0 aliphatic heterocycles. The zero-order valence-electron chi connectivity index (χ0n) is 11.0. The minimum atomic E-state index is 0.300. The fourth-order valence-corrected chi connectivity index (χ4v) is 2.42. The monoisotopic (exact) mass is 276 g/mol. The molecule has 1 aromatic carbocycles. The molecule has 0 aliphatic carbocycles. The SMILES string of the molecule is NC(=S)c1ccc2c(ccn2CCCCCCO)c1. The summed E-state index contributed by atoms with van der Waals surface area (Å²) in [5, 5.41) is 9.92. The lowest BCUT2D eigenvalue weighted by molar-refractivity contribution is 0.282. The van der Waals surface area contributed by atoms with Crippen molar-refractivity contribution in [1.29, 1.82) is 0 Å². The van der Waals surface area contributed by atoms with Crippen molar-refractivity contribution in [3.05, 3.63) is 36.0 Å². The second-order valence-electron chi connectivity index (χ2n) is 4.78. The average molecular weight is 276 g/mol. The summed E-state index contributed by atoms with van der Waals surface area (Å²) in [6.45, 7) is 1.32. The normalized spacial score (nSPS) is 11.0. The molecule has 0 saturated heterocycles. The van der Waals surface area contributed by atoms with Crippen LogP contribution >= 0.6 is 12.2 Å². The Bertz CT molecular complexity index is 562. The van der Waals surface area contributed by atoms with Crippen molar-refractivity contribution in [2.45, 2.75) is 32.2 Å². The first kappa shape index (κ1) is 14.0. The Morgan fingerprint density at radius 2 is 1.95 bits per heavy atom. The molecule has 0 radical (unpaired) electrons. The van der Waals surface area contributed by atoms with Gasteiger partial charge in [-0.3, -0.25) is 0 Å². The third-order valence-electron chi connectivity index (χ3n) is 3.36. The van der Waals surface area contributed by atoms with Gasteiger partial charge in [-0.1, -0.05) is 25.1 Å². The molecule has 3 N–H and O–H groups in total. The second kappa shape index (κ2) is 6.68. The number of aryl methyl sites for hydroxylation is 1. The van der Waals surface area contributed by atoms with Crippen LogP contribution in [0, 0.1) is 0 Å². The third kappa shape index (κ3) is 3.55. The summed E-state index contributed by atoms with van der Waals surface area (Å²) in [6.07, 6.45) is 6.41. The molecule has 0 saturated carbocycles. The number of hydrogen-bond acceptors (Lipinski definition) is 2. The zero-order valence-corrected chi connectivity index (χ0v) is 11.8. The van der Waals surface area contributed by atoms with E-state index in [1.165, 1.54) is 10.9 Å². The van der Waals surface area contributed by atoms with Gasteiger partial charge in [0.2, 0.25) is 0 Å². The van der Waals surface area contributed by atoms with Gasteiger partial charge in [-0.15, -0.1) is 0 Å².